The monoisotopic (exact) mass is 350 g/mol. The normalized spacial score (nSPS) is 14.6. The molecule has 1 heterocycles. The number of carbonyl (C=O) groups excluding carboxylic acids is 2. The third-order valence-electron chi connectivity index (χ3n) is 4.04. The minimum atomic E-state index is -0.335. The largest absolute Gasteiger partial charge is 0.449 e. The molecule has 2 amide bonds. The summed E-state index contributed by atoms with van der Waals surface area (Å²) >= 11 is 0. The zero-order chi connectivity index (χ0) is 18.5. The van der Waals surface area contributed by atoms with Gasteiger partial charge in [0.15, 0.2) is 11.5 Å². The third kappa shape index (κ3) is 4.30. The van der Waals surface area contributed by atoms with E-state index >= 15 is 0 Å². The van der Waals surface area contributed by atoms with Crippen LogP contribution in [0.5, 0.6) is 5.75 Å². The summed E-state index contributed by atoms with van der Waals surface area (Å²) in [5, 5.41) is 5.67. The number of amides is 2. The van der Waals surface area contributed by atoms with Crippen LogP contribution in [0.2, 0.25) is 0 Å². The maximum absolute atomic E-state index is 12.3. The fourth-order valence-electron chi connectivity index (χ4n) is 2.58. The fourth-order valence-corrected chi connectivity index (χ4v) is 2.58. The third-order valence-corrected chi connectivity index (χ3v) is 4.04. The van der Waals surface area contributed by atoms with Crippen LogP contribution in [0.15, 0.2) is 54.3 Å². The van der Waals surface area contributed by atoms with E-state index in [0.29, 0.717) is 29.5 Å². The van der Waals surface area contributed by atoms with Crippen LogP contribution in [-0.2, 0) is 4.79 Å². The van der Waals surface area contributed by atoms with Gasteiger partial charge in [-0.2, -0.15) is 0 Å². The van der Waals surface area contributed by atoms with Gasteiger partial charge in [0.1, 0.15) is 0 Å². The number of hydrogen-bond acceptors (Lipinski definition) is 3. The Labute approximate surface area is 153 Å². The molecule has 2 N–H and O–H groups in total. The van der Waals surface area contributed by atoms with Gasteiger partial charge >= 0.3 is 0 Å². The maximum Gasteiger partial charge on any atom is 0.291 e. The van der Waals surface area contributed by atoms with Crippen LogP contribution in [0.1, 0.15) is 36.2 Å². The first-order chi connectivity index (χ1) is 12.5. The van der Waals surface area contributed by atoms with Crippen LogP contribution in [0.4, 0.5) is 5.69 Å². The Kier molecular flexibility index (Phi) is 5.37. The van der Waals surface area contributed by atoms with E-state index in [-0.39, 0.29) is 17.6 Å². The molecule has 0 unspecified atom stereocenters. The van der Waals surface area contributed by atoms with Gasteiger partial charge in [-0.15, -0.1) is 0 Å². The summed E-state index contributed by atoms with van der Waals surface area (Å²) in [7, 11) is 0. The Morgan fingerprint density at radius 3 is 2.69 bits per heavy atom. The lowest BCUT2D eigenvalue weighted by Gasteiger charge is -2.20. The molecule has 1 aliphatic rings. The molecule has 0 radical (unpaired) electrons. The number of rotatable bonds is 5. The predicted molar refractivity (Wildman–Crippen MR) is 102 cm³/mol. The molecule has 5 nitrogen and oxygen atoms in total. The first-order valence-corrected chi connectivity index (χ1v) is 8.71. The van der Waals surface area contributed by atoms with Gasteiger partial charge in [-0.1, -0.05) is 44.2 Å². The summed E-state index contributed by atoms with van der Waals surface area (Å²) in [4.78, 5) is 24.5. The minimum absolute atomic E-state index is 0.159. The summed E-state index contributed by atoms with van der Waals surface area (Å²) in [5.41, 5.74) is 1.87. The number of fused-ring (bicyclic) bond motifs is 1. The molecule has 26 heavy (non-hydrogen) atoms. The summed E-state index contributed by atoms with van der Waals surface area (Å²) in [6.45, 7) is 4.84. The molecule has 3 rings (SSSR count). The Morgan fingerprint density at radius 2 is 1.96 bits per heavy atom. The van der Waals surface area contributed by atoms with Crippen LogP contribution >= 0.6 is 0 Å². The average Bonchev–Trinajstić information content (AvgIpc) is 2.62. The van der Waals surface area contributed by atoms with Crippen molar-refractivity contribution in [2.24, 2.45) is 5.92 Å². The smallest absolute Gasteiger partial charge is 0.291 e. The molecular formula is C21H22N2O3. The van der Waals surface area contributed by atoms with E-state index in [4.69, 9.17) is 4.74 Å². The van der Waals surface area contributed by atoms with Crippen molar-refractivity contribution in [3.05, 3.63) is 65.4 Å². The average molecular weight is 350 g/mol. The van der Waals surface area contributed by atoms with Crippen molar-refractivity contribution in [3.8, 4) is 5.75 Å². The fraction of sp³-hybridized carbons (Fsp3) is 0.238. The van der Waals surface area contributed by atoms with E-state index in [0.717, 1.165) is 12.0 Å². The molecular weight excluding hydrogens is 328 g/mol. The van der Waals surface area contributed by atoms with Crippen LogP contribution < -0.4 is 15.4 Å². The van der Waals surface area contributed by atoms with E-state index in [9.17, 15) is 9.59 Å². The maximum atomic E-state index is 12.3. The van der Waals surface area contributed by atoms with Crippen LogP contribution in [0.3, 0.4) is 0 Å². The quantitative estimate of drug-likeness (QED) is 0.805. The van der Waals surface area contributed by atoms with Crippen molar-refractivity contribution < 1.29 is 14.3 Å². The summed E-state index contributed by atoms with van der Waals surface area (Å²) in [5.74, 6) is 0.775. The van der Waals surface area contributed by atoms with Gasteiger partial charge < -0.3 is 15.4 Å². The topological polar surface area (TPSA) is 67.4 Å². The highest BCUT2D eigenvalue weighted by Gasteiger charge is 2.23. The molecule has 0 aromatic heterocycles. The number of hydrogen-bond donors (Lipinski definition) is 2. The van der Waals surface area contributed by atoms with E-state index in [1.165, 1.54) is 0 Å². The summed E-state index contributed by atoms with van der Waals surface area (Å²) in [6.07, 6.45) is 2.61. The van der Waals surface area contributed by atoms with Crippen molar-refractivity contribution in [1.82, 2.24) is 5.32 Å². The number of ether oxygens (including phenoxy) is 1. The Hall–Kier alpha value is -3.08. The second-order valence-electron chi connectivity index (χ2n) is 6.62. The van der Waals surface area contributed by atoms with Gasteiger partial charge in [0, 0.05) is 12.1 Å². The lowest BCUT2D eigenvalue weighted by atomic mass is 10.1. The molecule has 0 saturated carbocycles. The van der Waals surface area contributed by atoms with E-state index in [1.807, 2.05) is 30.3 Å². The van der Waals surface area contributed by atoms with Crippen molar-refractivity contribution in [2.45, 2.75) is 20.3 Å². The molecule has 2 aromatic carbocycles. The highest BCUT2D eigenvalue weighted by molar-refractivity contribution is 6.09. The van der Waals surface area contributed by atoms with Crippen molar-refractivity contribution in [1.29, 1.82) is 0 Å². The highest BCUT2D eigenvalue weighted by atomic mass is 16.5. The molecule has 2 aromatic rings. The SMILES string of the molecule is CC(C)CCNC(=O)c1ccc2c(c1)NC(=O)C(=Cc1ccccc1)O2. The van der Waals surface area contributed by atoms with E-state index < -0.39 is 0 Å². The standard InChI is InChI=1S/C21H22N2O3/c1-14(2)10-11-22-20(24)16-8-9-18-17(13-16)23-21(25)19(26-18)12-15-6-4-3-5-7-15/h3-9,12-14H,10-11H2,1-2H3,(H,22,24)(H,23,25). The molecule has 0 spiro atoms. The van der Waals surface area contributed by atoms with Gasteiger partial charge in [-0.05, 0) is 42.2 Å². The van der Waals surface area contributed by atoms with Crippen molar-refractivity contribution in [2.75, 3.05) is 11.9 Å². The zero-order valence-corrected chi connectivity index (χ0v) is 14.9. The zero-order valence-electron chi connectivity index (χ0n) is 14.9. The van der Waals surface area contributed by atoms with Gasteiger partial charge in [-0.25, -0.2) is 0 Å². The highest BCUT2D eigenvalue weighted by Crippen LogP contribution is 2.32. The van der Waals surface area contributed by atoms with Crippen LogP contribution in [0.25, 0.3) is 6.08 Å². The Bertz CT molecular complexity index is 842. The molecule has 5 heteroatoms. The first-order valence-electron chi connectivity index (χ1n) is 8.71. The molecule has 0 saturated heterocycles. The van der Waals surface area contributed by atoms with Crippen molar-refractivity contribution in [3.63, 3.8) is 0 Å². The molecule has 0 aliphatic carbocycles. The van der Waals surface area contributed by atoms with Gasteiger partial charge in [-0.3, -0.25) is 9.59 Å². The minimum Gasteiger partial charge on any atom is -0.449 e. The number of carbonyl (C=O) groups is 2. The number of nitrogens with one attached hydrogen (secondary N) is 2. The number of anilines is 1. The molecule has 134 valence electrons. The Balaban J connectivity index is 1.74. The van der Waals surface area contributed by atoms with Crippen molar-refractivity contribution >= 4 is 23.6 Å². The Morgan fingerprint density at radius 1 is 1.19 bits per heavy atom. The molecule has 0 bridgehead atoms. The molecule has 0 fully saturated rings. The molecule has 0 atom stereocenters. The molecule has 1 aliphatic heterocycles. The summed E-state index contributed by atoms with van der Waals surface area (Å²) < 4.78 is 5.71. The summed E-state index contributed by atoms with van der Waals surface area (Å²) in [6, 6.07) is 14.5. The van der Waals surface area contributed by atoms with Crippen LogP contribution in [0, 0.1) is 5.92 Å². The lowest BCUT2D eigenvalue weighted by Crippen LogP contribution is -2.27. The second-order valence-corrected chi connectivity index (χ2v) is 6.62. The second kappa shape index (κ2) is 7.87. The lowest BCUT2D eigenvalue weighted by molar-refractivity contribution is -0.115. The number of benzene rings is 2. The van der Waals surface area contributed by atoms with Gasteiger partial charge in [0.25, 0.3) is 11.8 Å². The van der Waals surface area contributed by atoms with Crippen LogP contribution in [-0.4, -0.2) is 18.4 Å². The van der Waals surface area contributed by atoms with E-state index in [1.54, 1.807) is 24.3 Å². The van der Waals surface area contributed by atoms with E-state index in [2.05, 4.69) is 24.5 Å². The predicted octanol–water partition coefficient (Wildman–Crippen LogP) is 3.83. The van der Waals surface area contributed by atoms with Gasteiger partial charge in [0.2, 0.25) is 0 Å². The first kappa shape index (κ1) is 17.7. The van der Waals surface area contributed by atoms with Gasteiger partial charge in [0.05, 0.1) is 5.69 Å².